The maximum atomic E-state index is 13.5. The van der Waals surface area contributed by atoms with Gasteiger partial charge < -0.3 is 15.0 Å². The first-order chi connectivity index (χ1) is 17.7. The highest BCUT2D eigenvalue weighted by Gasteiger charge is 2.43. The summed E-state index contributed by atoms with van der Waals surface area (Å²) in [5, 5.41) is 2.81. The van der Waals surface area contributed by atoms with Crippen molar-refractivity contribution >= 4 is 15.5 Å². The van der Waals surface area contributed by atoms with E-state index in [4.69, 9.17) is 4.74 Å². The molecule has 4 heterocycles. The second-order valence-corrected chi connectivity index (χ2v) is 12.0. The molecule has 1 N–H and O–H groups in total. The zero-order valence-corrected chi connectivity index (χ0v) is 20.9. The number of fused-ring (bicyclic) bond motifs is 1. The number of halogens is 3. The van der Waals surface area contributed by atoms with Crippen LogP contribution in [0.4, 0.5) is 13.2 Å². The van der Waals surface area contributed by atoms with Gasteiger partial charge in [-0.05, 0) is 48.1 Å². The van der Waals surface area contributed by atoms with E-state index in [1.165, 1.54) is 18.4 Å². The van der Waals surface area contributed by atoms with Gasteiger partial charge >= 0.3 is 6.18 Å². The lowest BCUT2D eigenvalue weighted by Gasteiger charge is -2.40. The van der Waals surface area contributed by atoms with Crippen LogP contribution in [0, 0.1) is 0 Å². The van der Waals surface area contributed by atoms with Crippen LogP contribution in [0.15, 0.2) is 71.0 Å². The zero-order chi connectivity index (χ0) is 25.9. The monoisotopic (exact) mass is 529 g/mol. The van der Waals surface area contributed by atoms with E-state index in [1.807, 2.05) is 12.1 Å². The van der Waals surface area contributed by atoms with E-state index in [2.05, 4.69) is 22.4 Å². The predicted octanol–water partition coefficient (Wildman–Crippen LogP) is 4.78. The number of sulfone groups is 1. The third-order valence-electron chi connectivity index (χ3n) is 7.32. The van der Waals surface area contributed by atoms with Gasteiger partial charge in [0, 0.05) is 23.7 Å². The van der Waals surface area contributed by atoms with Gasteiger partial charge in [0.15, 0.2) is 9.84 Å². The highest BCUT2D eigenvalue weighted by atomic mass is 32.2. The summed E-state index contributed by atoms with van der Waals surface area (Å²) < 4.78 is 72.3. The Morgan fingerprint density at radius 3 is 2.46 bits per heavy atom. The number of rotatable bonds is 6. The number of dihydropyridines is 1. The second-order valence-electron chi connectivity index (χ2n) is 9.79. The molecule has 2 aromatic rings. The van der Waals surface area contributed by atoms with Crippen LogP contribution in [-0.2, 0) is 14.6 Å². The first kappa shape index (κ1) is 24.2. The summed E-state index contributed by atoms with van der Waals surface area (Å²) in [5.74, 6) is 0.482. The van der Waals surface area contributed by atoms with E-state index < -0.39 is 27.6 Å². The number of nitrogens with zero attached hydrogens (tertiary/aromatic N) is 2. The minimum atomic E-state index is -4.51. The molecule has 1 unspecified atom stereocenters. The van der Waals surface area contributed by atoms with Gasteiger partial charge in [-0.25, -0.2) is 8.42 Å². The normalized spacial score (nSPS) is 22.0. The smallest absolute Gasteiger partial charge is 0.379 e. The van der Waals surface area contributed by atoms with E-state index in [-0.39, 0.29) is 22.4 Å². The Morgan fingerprint density at radius 2 is 1.86 bits per heavy atom. The summed E-state index contributed by atoms with van der Waals surface area (Å²) in [7, 11) is -3.71. The summed E-state index contributed by atoms with van der Waals surface area (Å²) in [6.07, 6.45) is 3.32. The molecule has 3 aliphatic heterocycles. The lowest BCUT2D eigenvalue weighted by atomic mass is 10.0. The number of alkyl halides is 3. The van der Waals surface area contributed by atoms with Gasteiger partial charge in [0.05, 0.1) is 47.2 Å². The Bertz CT molecular complexity index is 1440. The third-order valence-corrected chi connectivity index (χ3v) is 9.06. The molecule has 0 bridgehead atoms. The molecule has 0 radical (unpaired) electrons. The standard InChI is InChI=1S/C27H26F3N3O3S/c1-2-37(34,35)25-9-19(18-7-5-17(6-8-18)16-3-4-16)12-32-26(25)24-11-22-23(33(24)21-14-36-15-21)10-20(13-31-22)27(28,29)30/h5-13,16,21-22,31H,2-4,14-15H2,1H3. The van der Waals surface area contributed by atoms with Crippen LogP contribution in [0.2, 0.25) is 0 Å². The molecule has 4 aliphatic rings. The Morgan fingerprint density at radius 1 is 1.14 bits per heavy atom. The largest absolute Gasteiger partial charge is 0.417 e. The van der Waals surface area contributed by atoms with Gasteiger partial charge in [0.25, 0.3) is 0 Å². The van der Waals surface area contributed by atoms with Crippen molar-refractivity contribution in [3.05, 3.63) is 77.4 Å². The summed E-state index contributed by atoms with van der Waals surface area (Å²) in [4.78, 5) is 6.43. The van der Waals surface area contributed by atoms with Gasteiger partial charge in [-0.3, -0.25) is 4.98 Å². The maximum absolute atomic E-state index is 13.5. The fourth-order valence-corrected chi connectivity index (χ4v) is 6.04. The number of pyridine rings is 1. The molecular weight excluding hydrogens is 503 g/mol. The molecule has 6 nitrogen and oxygen atoms in total. The Kier molecular flexibility index (Phi) is 5.72. The van der Waals surface area contributed by atoms with Crippen molar-refractivity contribution in [2.45, 2.75) is 48.8 Å². The molecule has 6 rings (SSSR count). The van der Waals surface area contributed by atoms with E-state index in [9.17, 15) is 21.6 Å². The van der Waals surface area contributed by atoms with E-state index in [0.29, 0.717) is 36.1 Å². The Balaban J connectivity index is 1.43. The van der Waals surface area contributed by atoms with Crippen LogP contribution in [0.1, 0.15) is 36.9 Å². The number of hydrogen-bond acceptors (Lipinski definition) is 6. The van der Waals surface area contributed by atoms with Crippen molar-refractivity contribution in [2.24, 2.45) is 0 Å². The average Bonchev–Trinajstić information content (AvgIpc) is 3.64. The predicted molar refractivity (Wildman–Crippen MR) is 133 cm³/mol. The molecule has 1 aliphatic carbocycles. The van der Waals surface area contributed by atoms with Gasteiger partial charge in [-0.15, -0.1) is 0 Å². The van der Waals surface area contributed by atoms with Crippen LogP contribution in [0.5, 0.6) is 0 Å². The molecular formula is C27H26F3N3O3S. The SMILES string of the molecule is CCS(=O)(=O)c1cc(-c2ccc(C3CC3)cc2)cnc1C1=CC2NC=C(C(F)(F)F)C=C2N1C1COC1. The Labute approximate surface area is 213 Å². The summed E-state index contributed by atoms with van der Waals surface area (Å²) in [5.41, 5.74) is 3.12. The van der Waals surface area contributed by atoms with Crippen molar-refractivity contribution in [2.75, 3.05) is 19.0 Å². The minimum Gasteiger partial charge on any atom is -0.379 e. The Hall–Kier alpha value is -3.11. The summed E-state index contributed by atoms with van der Waals surface area (Å²) in [6.45, 7) is 2.22. The number of benzene rings is 1. The van der Waals surface area contributed by atoms with Crippen LogP contribution < -0.4 is 5.32 Å². The quantitative estimate of drug-likeness (QED) is 0.581. The fraction of sp³-hybridized carbons (Fsp3) is 0.370. The van der Waals surface area contributed by atoms with Crippen molar-refractivity contribution in [1.82, 2.24) is 15.2 Å². The zero-order valence-electron chi connectivity index (χ0n) is 20.1. The lowest BCUT2D eigenvalue weighted by Crippen LogP contribution is -2.48. The van der Waals surface area contributed by atoms with Gasteiger partial charge in [0.1, 0.15) is 5.69 Å². The third kappa shape index (κ3) is 4.35. The average molecular weight is 530 g/mol. The minimum absolute atomic E-state index is 0.0681. The molecule has 1 aromatic carbocycles. The van der Waals surface area contributed by atoms with Crippen molar-refractivity contribution in [3.63, 3.8) is 0 Å². The first-order valence-corrected chi connectivity index (χ1v) is 14.0. The molecule has 37 heavy (non-hydrogen) atoms. The van der Waals surface area contributed by atoms with Crippen LogP contribution in [-0.4, -0.2) is 55.5 Å². The number of allylic oxidation sites excluding steroid dienone is 2. The van der Waals surface area contributed by atoms with Crippen LogP contribution >= 0.6 is 0 Å². The van der Waals surface area contributed by atoms with Gasteiger partial charge in [-0.1, -0.05) is 31.2 Å². The molecule has 0 amide bonds. The topological polar surface area (TPSA) is 71.5 Å². The van der Waals surface area contributed by atoms with Gasteiger partial charge in [-0.2, -0.15) is 13.2 Å². The van der Waals surface area contributed by atoms with Gasteiger partial charge in [0.2, 0.25) is 0 Å². The second kappa shape index (κ2) is 8.73. The molecule has 2 fully saturated rings. The molecule has 194 valence electrons. The van der Waals surface area contributed by atoms with Crippen molar-refractivity contribution in [1.29, 1.82) is 0 Å². The molecule has 1 aromatic heterocycles. The number of hydrogen-bond donors (Lipinski definition) is 1. The van der Waals surface area contributed by atoms with Crippen molar-refractivity contribution < 1.29 is 26.3 Å². The van der Waals surface area contributed by atoms with Crippen LogP contribution in [0.3, 0.4) is 0 Å². The molecule has 1 atom stereocenters. The molecule has 0 spiro atoms. The van der Waals surface area contributed by atoms with E-state index in [1.54, 1.807) is 30.2 Å². The first-order valence-electron chi connectivity index (χ1n) is 12.3. The number of ether oxygens (including phenoxy) is 1. The van der Waals surface area contributed by atoms with Crippen LogP contribution in [0.25, 0.3) is 16.8 Å². The van der Waals surface area contributed by atoms with Crippen molar-refractivity contribution in [3.8, 4) is 11.1 Å². The van der Waals surface area contributed by atoms with E-state index in [0.717, 1.165) is 17.8 Å². The molecule has 10 heteroatoms. The highest BCUT2D eigenvalue weighted by Crippen LogP contribution is 2.43. The maximum Gasteiger partial charge on any atom is 0.417 e. The summed E-state index contributed by atoms with van der Waals surface area (Å²) >= 11 is 0. The summed E-state index contributed by atoms with van der Waals surface area (Å²) in [6, 6.07) is 8.98. The molecule has 1 saturated carbocycles. The lowest BCUT2D eigenvalue weighted by molar-refractivity contribution is -0.0892. The highest BCUT2D eigenvalue weighted by molar-refractivity contribution is 7.91. The number of nitrogens with one attached hydrogen (secondary N) is 1. The van der Waals surface area contributed by atoms with E-state index >= 15 is 0 Å². The molecule has 1 saturated heterocycles. The fourth-order valence-electron chi connectivity index (χ4n) is 4.97. The number of aromatic nitrogens is 1.